The van der Waals surface area contributed by atoms with Crippen LogP contribution in [0.25, 0.3) is 10.4 Å². The summed E-state index contributed by atoms with van der Waals surface area (Å²) in [7, 11) is 0. The number of carbonyl (C=O) groups excluding carboxylic acids is 2. The van der Waals surface area contributed by atoms with Gasteiger partial charge in [0.1, 0.15) is 5.75 Å². The molecule has 6 heteroatoms. The summed E-state index contributed by atoms with van der Waals surface area (Å²) in [5, 5.41) is 3.44. The summed E-state index contributed by atoms with van der Waals surface area (Å²) >= 11 is 0. The van der Waals surface area contributed by atoms with Crippen LogP contribution in [-0.4, -0.2) is 11.8 Å². The maximum atomic E-state index is 12.2. The molecule has 0 unspecified atom stereocenters. The molecule has 0 spiro atoms. The lowest BCUT2D eigenvalue weighted by molar-refractivity contribution is 0.0733. The molecule has 6 nitrogen and oxygen atoms in total. The first kappa shape index (κ1) is 14.3. The highest BCUT2D eigenvalue weighted by molar-refractivity contribution is 6.00. The number of rotatable bonds is 4. The van der Waals surface area contributed by atoms with E-state index in [1.54, 1.807) is 30.3 Å². The van der Waals surface area contributed by atoms with Gasteiger partial charge in [-0.05, 0) is 30.7 Å². The number of Topliss-reactive ketones (excluding diaryl/α,β-unsaturated/α-hetero) is 1. The number of hydrogen-bond donors (Lipinski definition) is 0. The second kappa shape index (κ2) is 6.36. The topological polar surface area (TPSA) is 92.1 Å². The second-order valence-corrected chi connectivity index (χ2v) is 4.15. The first-order valence-electron chi connectivity index (χ1n) is 6.09. The summed E-state index contributed by atoms with van der Waals surface area (Å²) in [5.74, 6) is -0.723. The molecule has 0 aliphatic rings. The van der Waals surface area contributed by atoms with E-state index in [0.717, 1.165) is 0 Å². The Hall–Kier alpha value is -3.11. The fourth-order valence-corrected chi connectivity index (χ4v) is 1.78. The van der Waals surface area contributed by atoms with Crippen LogP contribution in [0.15, 0.2) is 53.6 Å². The van der Waals surface area contributed by atoms with Crippen molar-refractivity contribution >= 4 is 17.4 Å². The number of para-hydroxylation sites is 1. The van der Waals surface area contributed by atoms with Crippen molar-refractivity contribution in [3.05, 3.63) is 70.1 Å². The predicted octanol–water partition coefficient (Wildman–Crippen LogP) is 4.05. The summed E-state index contributed by atoms with van der Waals surface area (Å²) in [4.78, 5) is 26.3. The predicted molar refractivity (Wildman–Crippen MR) is 76.7 cm³/mol. The third kappa shape index (κ3) is 3.26. The lowest BCUT2D eigenvalue weighted by Crippen LogP contribution is -2.11. The van der Waals surface area contributed by atoms with Gasteiger partial charge in [0, 0.05) is 4.91 Å². The van der Waals surface area contributed by atoms with Crippen LogP contribution in [-0.2, 0) is 0 Å². The Bertz CT molecular complexity index is 749. The molecule has 0 aliphatic heterocycles. The van der Waals surface area contributed by atoms with Crippen molar-refractivity contribution in [3.63, 3.8) is 0 Å². The zero-order valence-corrected chi connectivity index (χ0v) is 11.2. The van der Waals surface area contributed by atoms with Crippen LogP contribution < -0.4 is 4.74 Å². The van der Waals surface area contributed by atoms with E-state index in [1.807, 2.05) is 0 Å². The van der Waals surface area contributed by atoms with Crippen LogP contribution in [0.1, 0.15) is 27.6 Å². The molecule has 2 aromatic rings. The second-order valence-electron chi connectivity index (χ2n) is 4.15. The zero-order chi connectivity index (χ0) is 15.2. The average Bonchev–Trinajstić information content (AvgIpc) is 2.48. The summed E-state index contributed by atoms with van der Waals surface area (Å²) in [6.45, 7) is 1.39. The van der Waals surface area contributed by atoms with Gasteiger partial charge < -0.3 is 4.74 Å². The monoisotopic (exact) mass is 281 g/mol. The molecule has 0 N–H and O–H groups in total. The van der Waals surface area contributed by atoms with Gasteiger partial charge in [0.05, 0.1) is 16.8 Å². The number of nitrogens with zero attached hydrogens (tertiary/aromatic N) is 3. The van der Waals surface area contributed by atoms with Crippen LogP contribution in [0, 0.1) is 0 Å². The standard InChI is InChI=1S/C15H11N3O3/c1-10(19)11-6-3-5-9-14(11)21-15(20)12-7-2-4-8-13(12)17-18-16/h2-9H,1H3. The number of hydrogen-bond acceptors (Lipinski definition) is 4. The molecule has 0 amide bonds. The highest BCUT2D eigenvalue weighted by Gasteiger charge is 2.15. The third-order valence-corrected chi connectivity index (χ3v) is 2.75. The molecular weight excluding hydrogens is 270 g/mol. The van der Waals surface area contributed by atoms with Gasteiger partial charge in [-0.3, -0.25) is 4.79 Å². The van der Waals surface area contributed by atoms with Crippen molar-refractivity contribution < 1.29 is 14.3 Å². The van der Waals surface area contributed by atoms with E-state index in [0.29, 0.717) is 5.56 Å². The van der Waals surface area contributed by atoms with Gasteiger partial charge in [-0.1, -0.05) is 35.4 Å². The lowest BCUT2D eigenvalue weighted by Gasteiger charge is -2.09. The molecule has 2 rings (SSSR count). The minimum atomic E-state index is -0.688. The van der Waals surface area contributed by atoms with Crippen molar-refractivity contribution in [2.75, 3.05) is 0 Å². The van der Waals surface area contributed by atoms with Crippen LogP contribution >= 0.6 is 0 Å². The van der Waals surface area contributed by atoms with Crippen LogP contribution in [0.2, 0.25) is 0 Å². The molecule has 0 fully saturated rings. The van der Waals surface area contributed by atoms with Crippen molar-refractivity contribution in [2.24, 2.45) is 5.11 Å². The molecule has 0 saturated carbocycles. The molecule has 0 radical (unpaired) electrons. The van der Waals surface area contributed by atoms with Crippen molar-refractivity contribution in [3.8, 4) is 5.75 Å². The largest absolute Gasteiger partial charge is 0.422 e. The Labute approximate surface area is 120 Å². The highest BCUT2D eigenvalue weighted by Crippen LogP contribution is 2.23. The van der Waals surface area contributed by atoms with Crippen LogP contribution in [0.4, 0.5) is 5.69 Å². The SMILES string of the molecule is CC(=O)c1ccccc1OC(=O)c1ccccc1N=[N+]=[N-]. The van der Waals surface area contributed by atoms with E-state index >= 15 is 0 Å². The quantitative estimate of drug-likeness (QED) is 0.211. The highest BCUT2D eigenvalue weighted by atomic mass is 16.5. The minimum Gasteiger partial charge on any atom is -0.422 e. The maximum absolute atomic E-state index is 12.2. The molecule has 0 aliphatic carbocycles. The van der Waals surface area contributed by atoms with E-state index in [9.17, 15) is 9.59 Å². The average molecular weight is 281 g/mol. The minimum absolute atomic E-state index is 0.133. The van der Waals surface area contributed by atoms with Gasteiger partial charge in [0.2, 0.25) is 0 Å². The third-order valence-electron chi connectivity index (χ3n) is 2.75. The number of azide groups is 1. The van der Waals surface area contributed by atoms with Crippen molar-refractivity contribution in [2.45, 2.75) is 6.92 Å². The van der Waals surface area contributed by atoms with Crippen LogP contribution in [0.5, 0.6) is 5.75 Å². The number of ether oxygens (including phenoxy) is 1. The summed E-state index contributed by atoms with van der Waals surface area (Å²) < 4.78 is 5.24. The van der Waals surface area contributed by atoms with E-state index in [4.69, 9.17) is 10.3 Å². The summed E-state index contributed by atoms with van der Waals surface area (Å²) in [5.41, 5.74) is 9.11. The van der Waals surface area contributed by atoms with E-state index in [-0.39, 0.29) is 22.8 Å². The fraction of sp³-hybridized carbons (Fsp3) is 0.0667. The van der Waals surface area contributed by atoms with E-state index in [1.165, 1.54) is 25.1 Å². The van der Waals surface area contributed by atoms with Crippen molar-refractivity contribution in [1.82, 2.24) is 0 Å². The molecule has 0 atom stereocenters. The molecule has 0 heterocycles. The van der Waals surface area contributed by atoms with Gasteiger partial charge in [0.15, 0.2) is 5.78 Å². The normalized spacial score (nSPS) is 9.57. The van der Waals surface area contributed by atoms with Gasteiger partial charge >= 0.3 is 5.97 Å². The number of ketones is 1. The smallest absolute Gasteiger partial charge is 0.344 e. The van der Waals surface area contributed by atoms with Gasteiger partial charge in [0.25, 0.3) is 0 Å². The maximum Gasteiger partial charge on any atom is 0.344 e. The van der Waals surface area contributed by atoms with E-state index < -0.39 is 5.97 Å². The lowest BCUT2D eigenvalue weighted by atomic mass is 10.1. The first-order chi connectivity index (χ1) is 10.1. The first-order valence-corrected chi connectivity index (χ1v) is 6.09. The molecule has 104 valence electrons. The Morgan fingerprint density at radius 2 is 1.67 bits per heavy atom. The Balaban J connectivity index is 2.35. The zero-order valence-electron chi connectivity index (χ0n) is 11.2. The molecule has 2 aromatic carbocycles. The fourth-order valence-electron chi connectivity index (χ4n) is 1.78. The molecule has 0 saturated heterocycles. The van der Waals surface area contributed by atoms with Crippen LogP contribution in [0.3, 0.4) is 0 Å². The Morgan fingerprint density at radius 3 is 2.33 bits per heavy atom. The van der Waals surface area contributed by atoms with Gasteiger partial charge in [-0.25, -0.2) is 4.79 Å². The molecule has 21 heavy (non-hydrogen) atoms. The Morgan fingerprint density at radius 1 is 1.05 bits per heavy atom. The van der Waals surface area contributed by atoms with Gasteiger partial charge in [-0.15, -0.1) is 0 Å². The van der Waals surface area contributed by atoms with Gasteiger partial charge in [-0.2, -0.15) is 0 Å². The Kier molecular flexibility index (Phi) is 4.33. The summed E-state index contributed by atoms with van der Waals surface area (Å²) in [6.07, 6.45) is 0. The summed E-state index contributed by atoms with van der Waals surface area (Å²) in [6, 6.07) is 12.7. The number of carbonyl (C=O) groups is 2. The van der Waals surface area contributed by atoms with Crippen molar-refractivity contribution in [1.29, 1.82) is 0 Å². The number of esters is 1. The van der Waals surface area contributed by atoms with E-state index in [2.05, 4.69) is 10.0 Å². The molecule has 0 aromatic heterocycles. The molecular formula is C15H11N3O3. The molecule has 0 bridgehead atoms. The number of benzene rings is 2.